The van der Waals surface area contributed by atoms with Crippen molar-refractivity contribution in [2.75, 3.05) is 20.2 Å². The molecule has 2 heterocycles. The molecule has 7 nitrogen and oxygen atoms in total. The van der Waals surface area contributed by atoms with Crippen LogP contribution in [0.1, 0.15) is 20.3 Å². The molecular weight excluding hydrogens is 370 g/mol. The highest BCUT2D eigenvalue weighted by Crippen LogP contribution is 2.25. The molecule has 1 amide bonds. The van der Waals surface area contributed by atoms with Crippen molar-refractivity contribution in [3.8, 4) is 17.5 Å². The fraction of sp³-hybridized carbons (Fsp3) is 0.421. The first-order valence-corrected chi connectivity index (χ1v) is 9.02. The van der Waals surface area contributed by atoms with E-state index in [2.05, 4.69) is 9.97 Å². The van der Waals surface area contributed by atoms with Crippen molar-refractivity contribution in [3.05, 3.63) is 41.7 Å². The van der Waals surface area contributed by atoms with Gasteiger partial charge in [0.05, 0.1) is 26.0 Å². The van der Waals surface area contributed by atoms with E-state index in [0.29, 0.717) is 42.0 Å². The van der Waals surface area contributed by atoms with Crippen molar-refractivity contribution in [3.63, 3.8) is 0 Å². The minimum atomic E-state index is -1.00. The number of halogens is 1. The predicted octanol–water partition coefficient (Wildman–Crippen LogP) is 2.98. The van der Waals surface area contributed by atoms with Crippen molar-refractivity contribution < 1.29 is 19.0 Å². The van der Waals surface area contributed by atoms with Gasteiger partial charge in [0.1, 0.15) is 11.9 Å². The summed E-state index contributed by atoms with van der Waals surface area (Å²) in [6.07, 6.45) is 3.60. The zero-order chi connectivity index (χ0) is 19.4. The van der Waals surface area contributed by atoms with Crippen LogP contribution in [0.4, 0.5) is 0 Å². The first kappa shape index (κ1) is 19.2. The maximum atomic E-state index is 12.9. The Morgan fingerprint density at radius 2 is 1.93 bits per heavy atom. The number of rotatable bonds is 6. The molecule has 0 spiro atoms. The molecular formula is C19H22ClN3O4. The summed E-state index contributed by atoms with van der Waals surface area (Å²) in [6.45, 7) is 4.57. The predicted molar refractivity (Wildman–Crippen MR) is 100 cm³/mol. The van der Waals surface area contributed by atoms with E-state index in [1.807, 2.05) is 0 Å². The van der Waals surface area contributed by atoms with E-state index in [0.717, 1.165) is 0 Å². The molecule has 0 aliphatic carbocycles. The second-order valence-electron chi connectivity index (χ2n) is 6.75. The van der Waals surface area contributed by atoms with Crippen LogP contribution in [0.25, 0.3) is 0 Å². The topological polar surface area (TPSA) is 73.8 Å². The third kappa shape index (κ3) is 4.80. The molecule has 0 radical (unpaired) electrons. The SMILES string of the molecule is COc1cncc(OC2CCN(C(=O)C(C)(C)Oc3ccc(Cl)cc3)C2)n1. The van der Waals surface area contributed by atoms with Crippen molar-refractivity contribution in [2.24, 2.45) is 0 Å². The van der Waals surface area contributed by atoms with Crippen molar-refractivity contribution in [1.82, 2.24) is 14.9 Å². The Hall–Kier alpha value is -2.54. The maximum absolute atomic E-state index is 12.9. The molecule has 1 aliphatic heterocycles. The number of carbonyl (C=O) groups is 1. The number of likely N-dealkylation sites (tertiary alicyclic amines) is 1. The lowest BCUT2D eigenvalue weighted by molar-refractivity contribution is -0.144. The van der Waals surface area contributed by atoms with Crippen LogP contribution in [0.5, 0.6) is 17.5 Å². The third-order valence-electron chi connectivity index (χ3n) is 4.22. The lowest BCUT2D eigenvalue weighted by Crippen LogP contribution is -2.48. The molecule has 3 rings (SSSR count). The monoisotopic (exact) mass is 391 g/mol. The Balaban J connectivity index is 1.59. The highest BCUT2D eigenvalue weighted by molar-refractivity contribution is 6.30. The Labute approximate surface area is 163 Å². The summed E-state index contributed by atoms with van der Waals surface area (Å²) in [6, 6.07) is 6.95. The van der Waals surface area contributed by atoms with Gasteiger partial charge in [-0.05, 0) is 38.1 Å². The Bertz CT molecular complexity index is 798. The van der Waals surface area contributed by atoms with E-state index in [-0.39, 0.29) is 12.0 Å². The number of methoxy groups -OCH3 is 1. The van der Waals surface area contributed by atoms with E-state index in [1.54, 1.807) is 43.0 Å². The van der Waals surface area contributed by atoms with E-state index in [9.17, 15) is 4.79 Å². The molecule has 1 atom stereocenters. The van der Waals surface area contributed by atoms with Crippen LogP contribution >= 0.6 is 11.6 Å². The second-order valence-corrected chi connectivity index (χ2v) is 7.18. The van der Waals surface area contributed by atoms with Crippen LogP contribution in [-0.4, -0.2) is 52.7 Å². The van der Waals surface area contributed by atoms with Crippen LogP contribution in [0.2, 0.25) is 5.02 Å². The minimum Gasteiger partial charge on any atom is -0.480 e. The number of ether oxygens (including phenoxy) is 3. The zero-order valence-corrected chi connectivity index (χ0v) is 16.3. The van der Waals surface area contributed by atoms with Gasteiger partial charge in [0.15, 0.2) is 5.60 Å². The molecule has 1 aliphatic rings. The molecule has 1 fully saturated rings. The first-order chi connectivity index (χ1) is 12.9. The first-order valence-electron chi connectivity index (χ1n) is 8.64. The summed E-state index contributed by atoms with van der Waals surface area (Å²) in [5.74, 6) is 1.26. The molecule has 1 saturated heterocycles. The summed E-state index contributed by atoms with van der Waals surface area (Å²) < 4.78 is 16.8. The highest BCUT2D eigenvalue weighted by atomic mass is 35.5. The van der Waals surface area contributed by atoms with Gasteiger partial charge < -0.3 is 19.1 Å². The van der Waals surface area contributed by atoms with Gasteiger partial charge in [0.25, 0.3) is 5.91 Å². The molecule has 0 bridgehead atoms. The lowest BCUT2D eigenvalue weighted by atomic mass is 10.1. The number of hydrogen-bond acceptors (Lipinski definition) is 6. The van der Waals surface area contributed by atoms with Gasteiger partial charge in [0, 0.05) is 18.0 Å². The van der Waals surface area contributed by atoms with E-state index in [1.165, 1.54) is 19.5 Å². The average molecular weight is 392 g/mol. The lowest BCUT2D eigenvalue weighted by Gasteiger charge is -2.30. The molecule has 0 N–H and O–H groups in total. The molecule has 27 heavy (non-hydrogen) atoms. The van der Waals surface area contributed by atoms with Gasteiger partial charge in [-0.2, -0.15) is 4.98 Å². The second kappa shape index (κ2) is 8.00. The molecule has 1 unspecified atom stereocenters. The summed E-state index contributed by atoms with van der Waals surface area (Å²) in [7, 11) is 1.52. The minimum absolute atomic E-state index is 0.0970. The van der Waals surface area contributed by atoms with Crippen molar-refractivity contribution >= 4 is 17.5 Å². The van der Waals surface area contributed by atoms with Gasteiger partial charge in [-0.25, -0.2) is 0 Å². The summed E-state index contributed by atoms with van der Waals surface area (Å²) in [5, 5.41) is 0.617. The van der Waals surface area contributed by atoms with Gasteiger partial charge in [0.2, 0.25) is 11.8 Å². The van der Waals surface area contributed by atoms with Gasteiger partial charge in [-0.15, -0.1) is 0 Å². The van der Waals surface area contributed by atoms with Crippen LogP contribution in [0.15, 0.2) is 36.7 Å². The largest absolute Gasteiger partial charge is 0.480 e. The number of amides is 1. The number of carbonyl (C=O) groups excluding carboxylic acids is 1. The molecule has 1 aromatic carbocycles. The van der Waals surface area contributed by atoms with E-state index >= 15 is 0 Å². The number of benzene rings is 1. The molecule has 1 aromatic heterocycles. The average Bonchev–Trinajstić information content (AvgIpc) is 3.11. The number of aromatic nitrogens is 2. The van der Waals surface area contributed by atoms with Crippen LogP contribution < -0.4 is 14.2 Å². The Kier molecular flexibility index (Phi) is 5.70. The normalized spacial score (nSPS) is 16.9. The fourth-order valence-corrected chi connectivity index (χ4v) is 3.01. The summed E-state index contributed by atoms with van der Waals surface area (Å²) in [4.78, 5) is 22.9. The van der Waals surface area contributed by atoms with Gasteiger partial charge in [-0.1, -0.05) is 11.6 Å². The number of nitrogens with zero attached hydrogens (tertiary/aromatic N) is 3. The van der Waals surface area contributed by atoms with Crippen molar-refractivity contribution in [1.29, 1.82) is 0 Å². The molecule has 0 saturated carbocycles. The van der Waals surface area contributed by atoms with Gasteiger partial charge in [-0.3, -0.25) is 9.78 Å². The van der Waals surface area contributed by atoms with E-state index < -0.39 is 5.60 Å². The summed E-state index contributed by atoms with van der Waals surface area (Å²) >= 11 is 5.89. The quantitative estimate of drug-likeness (QED) is 0.753. The zero-order valence-electron chi connectivity index (χ0n) is 15.5. The number of hydrogen-bond donors (Lipinski definition) is 0. The fourth-order valence-electron chi connectivity index (χ4n) is 2.89. The Morgan fingerprint density at radius 3 is 2.63 bits per heavy atom. The van der Waals surface area contributed by atoms with Crippen LogP contribution in [0.3, 0.4) is 0 Å². The standard InChI is InChI=1S/C19H22ClN3O4/c1-19(2,27-14-6-4-13(20)5-7-14)18(24)23-9-8-15(12-23)26-17-11-21-10-16(22-17)25-3/h4-7,10-11,15H,8-9,12H2,1-3H3. The summed E-state index contributed by atoms with van der Waals surface area (Å²) in [5.41, 5.74) is -1.00. The third-order valence-corrected chi connectivity index (χ3v) is 4.47. The molecule has 144 valence electrons. The van der Waals surface area contributed by atoms with Crippen molar-refractivity contribution in [2.45, 2.75) is 32.0 Å². The maximum Gasteiger partial charge on any atom is 0.266 e. The van der Waals surface area contributed by atoms with Crippen LogP contribution in [-0.2, 0) is 4.79 Å². The van der Waals surface area contributed by atoms with E-state index in [4.69, 9.17) is 25.8 Å². The van der Waals surface area contributed by atoms with Gasteiger partial charge >= 0.3 is 0 Å². The molecule has 8 heteroatoms. The Morgan fingerprint density at radius 1 is 1.22 bits per heavy atom. The highest BCUT2D eigenvalue weighted by Gasteiger charge is 2.38. The molecule has 2 aromatic rings. The van der Waals surface area contributed by atoms with Crippen LogP contribution in [0, 0.1) is 0 Å². The smallest absolute Gasteiger partial charge is 0.266 e.